The van der Waals surface area contributed by atoms with Gasteiger partial charge in [-0.25, -0.2) is 0 Å². The van der Waals surface area contributed by atoms with E-state index < -0.39 is 5.60 Å². The fourth-order valence-corrected chi connectivity index (χ4v) is 5.44. The van der Waals surface area contributed by atoms with Crippen molar-refractivity contribution in [3.63, 3.8) is 0 Å². The van der Waals surface area contributed by atoms with Gasteiger partial charge in [-0.1, -0.05) is 47.5 Å². The summed E-state index contributed by atoms with van der Waals surface area (Å²) in [6.07, 6.45) is 0. The molecule has 0 aromatic heterocycles. The highest BCUT2D eigenvalue weighted by Crippen LogP contribution is 2.40. The van der Waals surface area contributed by atoms with Gasteiger partial charge in [0.2, 0.25) is 0 Å². The molecule has 0 bridgehead atoms. The van der Waals surface area contributed by atoms with Crippen LogP contribution in [-0.2, 0) is 5.60 Å². The molecule has 1 unspecified atom stereocenters. The van der Waals surface area contributed by atoms with E-state index in [2.05, 4.69) is 22.8 Å². The first-order valence-corrected chi connectivity index (χ1v) is 13.0. The third-order valence-corrected chi connectivity index (χ3v) is 7.30. The Morgan fingerprint density at radius 1 is 1.05 bits per heavy atom. The number of aliphatic hydroxyl groups is 2. The quantitative estimate of drug-likeness (QED) is 0.399. The van der Waals surface area contributed by atoms with Crippen LogP contribution >= 0.6 is 23.2 Å². The van der Waals surface area contributed by atoms with Crippen molar-refractivity contribution in [2.24, 2.45) is 0 Å². The molecule has 6 nitrogen and oxygen atoms in total. The van der Waals surface area contributed by atoms with Gasteiger partial charge in [0.25, 0.3) is 0 Å². The second-order valence-corrected chi connectivity index (χ2v) is 10.5. The summed E-state index contributed by atoms with van der Waals surface area (Å²) in [4.78, 5) is 4.58. The van der Waals surface area contributed by atoms with Crippen molar-refractivity contribution in [3.8, 4) is 11.8 Å². The maximum absolute atomic E-state index is 11.4. The first kappa shape index (κ1) is 27.3. The molecule has 3 atom stereocenters. The number of anilines is 1. The minimum absolute atomic E-state index is 0.0421. The molecule has 3 aromatic rings. The van der Waals surface area contributed by atoms with Crippen molar-refractivity contribution in [1.82, 2.24) is 4.90 Å². The maximum atomic E-state index is 11.4. The first-order valence-electron chi connectivity index (χ1n) is 12.2. The Kier molecular flexibility index (Phi) is 8.63. The van der Waals surface area contributed by atoms with Crippen molar-refractivity contribution >= 4 is 28.9 Å². The zero-order chi connectivity index (χ0) is 26.6. The van der Waals surface area contributed by atoms with Gasteiger partial charge in [-0.05, 0) is 61.4 Å². The second kappa shape index (κ2) is 11.7. The zero-order valence-electron chi connectivity index (χ0n) is 20.9. The summed E-state index contributed by atoms with van der Waals surface area (Å²) < 4.78 is 5.54. The molecule has 194 valence electrons. The van der Waals surface area contributed by atoms with Gasteiger partial charge in [0, 0.05) is 36.8 Å². The van der Waals surface area contributed by atoms with E-state index in [1.165, 1.54) is 0 Å². The van der Waals surface area contributed by atoms with Crippen LogP contribution in [0.25, 0.3) is 0 Å². The topological polar surface area (TPSA) is 80.0 Å². The van der Waals surface area contributed by atoms with Gasteiger partial charge in [0.15, 0.2) is 0 Å². The SMILES string of the molecule is CC1CN(C[C@@](C)(O)c2ccc(C#N)cc2)C[C@@H](c2ccc(Cl)cc2)N1c1ccc(OCCO)cc1Cl. The third-order valence-electron chi connectivity index (χ3n) is 6.74. The van der Waals surface area contributed by atoms with Crippen molar-refractivity contribution in [2.45, 2.75) is 31.5 Å². The Morgan fingerprint density at radius 3 is 2.38 bits per heavy atom. The van der Waals surface area contributed by atoms with Crippen molar-refractivity contribution in [1.29, 1.82) is 5.26 Å². The molecule has 0 saturated carbocycles. The number of β-amino-alcohol motifs (C(OH)–C–C–N with tert-alkyl or cyclic N) is 1. The summed E-state index contributed by atoms with van der Waals surface area (Å²) in [5.41, 5.74) is 2.23. The standard InChI is InChI=1S/C29H31Cl2N3O3/c1-20-17-33(19-29(2,36)23-7-3-21(16-32)4-8-23)18-28(22-5-9-24(30)10-6-22)34(20)27-12-11-25(15-26(27)31)37-14-13-35/h3-12,15,20,28,35-36H,13-14,17-19H2,1-2H3/t20?,28-,29+/m0/s1. The molecule has 1 aliphatic heterocycles. The molecule has 1 fully saturated rings. The lowest BCUT2D eigenvalue weighted by Crippen LogP contribution is -2.56. The van der Waals surface area contributed by atoms with Gasteiger partial charge in [-0.15, -0.1) is 0 Å². The minimum Gasteiger partial charge on any atom is -0.491 e. The van der Waals surface area contributed by atoms with Gasteiger partial charge >= 0.3 is 0 Å². The molecular weight excluding hydrogens is 509 g/mol. The number of hydrogen-bond acceptors (Lipinski definition) is 6. The normalized spacial score (nSPS) is 19.8. The average Bonchev–Trinajstić information content (AvgIpc) is 2.88. The fraction of sp³-hybridized carbons (Fsp3) is 0.345. The van der Waals surface area contributed by atoms with Gasteiger partial charge in [-0.3, -0.25) is 4.90 Å². The van der Waals surface area contributed by atoms with E-state index in [9.17, 15) is 5.11 Å². The van der Waals surface area contributed by atoms with Crippen LogP contribution in [0.2, 0.25) is 10.0 Å². The molecule has 4 rings (SSSR count). The van der Waals surface area contributed by atoms with E-state index in [-0.39, 0.29) is 25.3 Å². The zero-order valence-corrected chi connectivity index (χ0v) is 22.5. The number of benzene rings is 3. The molecule has 2 N–H and O–H groups in total. The predicted molar refractivity (Wildman–Crippen MR) is 147 cm³/mol. The second-order valence-electron chi connectivity index (χ2n) is 9.67. The van der Waals surface area contributed by atoms with Gasteiger partial charge in [0.1, 0.15) is 12.4 Å². The van der Waals surface area contributed by atoms with Crippen molar-refractivity contribution < 1.29 is 14.9 Å². The van der Waals surface area contributed by atoms with Crippen molar-refractivity contribution in [2.75, 3.05) is 37.7 Å². The van der Waals surface area contributed by atoms with Crippen LogP contribution in [-0.4, -0.2) is 54.0 Å². The summed E-state index contributed by atoms with van der Waals surface area (Å²) in [6, 6.07) is 22.7. The smallest absolute Gasteiger partial charge is 0.121 e. The number of nitriles is 1. The molecule has 0 aliphatic carbocycles. The van der Waals surface area contributed by atoms with E-state index in [1.54, 1.807) is 18.2 Å². The number of aliphatic hydroxyl groups excluding tert-OH is 1. The lowest BCUT2D eigenvalue weighted by Gasteiger charge is -2.49. The monoisotopic (exact) mass is 539 g/mol. The van der Waals surface area contributed by atoms with Gasteiger partial charge in [-0.2, -0.15) is 5.26 Å². The Morgan fingerprint density at radius 2 is 1.76 bits per heavy atom. The highest BCUT2D eigenvalue weighted by atomic mass is 35.5. The first-order chi connectivity index (χ1) is 17.7. The van der Waals surface area contributed by atoms with E-state index in [0.29, 0.717) is 34.4 Å². The molecule has 8 heteroatoms. The molecule has 0 spiro atoms. The average molecular weight is 540 g/mol. The molecule has 1 aliphatic rings. The Labute approximate surface area is 228 Å². The van der Waals surface area contributed by atoms with Crippen LogP contribution in [0.1, 0.15) is 36.6 Å². The van der Waals surface area contributed by atoms with E-state index in [4.69, 9.17) is 38.3 Å². The molecular formula is C29H31Cl2N3O3. The summed E-state index contributed by atoms with van der Waals surface area (Å²) in [7, 11) is 0. The number of ether oxygens (including phenoxy) is 1. The molecule has 1 saturated heterocycles. The molecule has 37 heavy (non-hydrogen) atoms. The molecule has 0 amide bonds. The minimum atomic E-state index is -1.09. The largest absolute Gasteiger partial charge is 0.491 e. The van der Waals surface area contributed by atoms with E-state index in [1.807, 2.05) is 55.5 Å². The van der Waals surface area contributed by atoms with Crippen LogP contribution < -0.4 is 9.64 Å². The highest BCUT2D eigenvalue weighted by molar-refractivity contribution is 6.33. The number of piperazine rings is 1. The van der Waals surface area contributed by atoms with Crippen LogP contribution in [0.15, 0.2) is 66.7 Å². The summed E-state index contributed by atoms with van der Waals surface area (Å²) >= 11 is 12.9. The van der Waals surface area contributed by atoms with Crippen LogP contribution in [0.3, 0.4) is 0 Å². The summed E-state index contributed by atoms with van der Waals surface area (Å²) in [6.45, 7) is 5.92. The van der Waals surface area contributed by atoms with Gasteiger partial charge < -0.3 is 19.8 Å². The number of rotatable bonds is 8. The van der Waals surface area contributed by atoms with E-state index >= 15 is 0 Å². The fourth-order valence-electron chi connectivity index (χ4n) is 5.04. The highest BCUT2D eigenvalue weighted by Gasteiger charge is 2.37. The molecule has 0 radical (unpaired) electrons. The van der Waals surface area contributed by atoms with Crippen molar-refractivity contribution in [3.05, 3.63) is 93.5 Å². The van der Waals surface area contributed by atoms with E-state index in [0.717, 1.165) is 23.4 Å². The number of hydrogen-bond donors (Lipinski definition) is 2. The van der Waals surface area contributed by atoms with Gasteiger partial charge in [0.05, 0.1) is 40.6 Å². The maximum Gasteiger partial charge on any atom is 0.121 e. The third kappa shape index (κ3) is 6.38. The molecule has 3 aromatic carbocycles. The Hall–Kier alpha value is -2.79. The van der Waals surface area contributed by atoms with Crippen LogP contribution in [0, 0.1) is 11.3 Å². The Bertz CT molecular complexity index is 1240. The lowest BCUT2D eigenvalue weighted by molar-refractivity contribution is 0.00636. The summed E-state index contributed by atoms with van der Waals surface area (Å²) in [5.74, 6) is 0.607. The number of nitrogens with zero attached hydrogens (tertiary/aromatic N) is 3. The van der Waals surface area contributed by atoms with Crippen LogP contribution in [0.5, 0.6) is 5.75 Å². The van der Waals surface area contributed by atoms with Crippen LogP contribution in [0.4, 0.5) is 5.69 Å². The summed E-state index contributed by atoms with van der Waals surface area (Å²) in [5, 5.41) is 30.8. The molecule has 1 heterocycles. The number of halogens is 2. The Balaban J connectivity index is 1.63. The predicted octanol–water partition coefficient (Wildman–Crippen LogP) is 5.40. The lowest BCUT2D eigenvalue weighted by atomic mass is 9.92.